The maximum atomic E-state index is 13.2. The van der Waals surface area contributed by atoms with Crippen LogP contribution >= 0.6 is 0 Å². The molecule has 1 fully saturated rings. The molecule has 1 aliphatic carbocycles. The van der Waals surface area contributed by atoms with Gasteiger partial charge in [0.05, 0.1) is 5.60 Å². The molecule has 0 heterocycles. The molecule has 1 saturated carbocycles. The van der Waals surface area contributed by atoms with E-state index in [-0.39, 0.29) is 5.82 Å². The summed E-state index contributed by atoms with van der Waals surface area (Å²) in [6.07, 6.45) is 8.44. The fourth-order valence-corrected chi connectivity index (χ4v) is 3.55. The molecule has 1 N–H and O–H groups in total. The molecule has 0 radical (unpaired) electrons. The van der Waals surface area contributed by atoms with Crippen LogP contribution in [0.25, 0.3) is 0 Å². The number of aryl methyl sites for hydroxylation is 1. The van der Waals surface area contributed by atoms with Gasteiger partial charge in [-0.3, -0.25) is 0 Å². The highest BCUT2D eigenvalue weighted by Gasteiger charge is 2.31. The van der Waals surface area contributed by atoms with Crippen LogP contribution in [0.3, 0.4) is 0 Å². The van der Waals surface area contributed by atoms with E-state index in [2.05, 4.69) is 6.92 Å². The minimum Gasteiger partial charge on any atom is -0.390 e. The maximum Gasteiger partial charge on any atom is 0.123 e. The molecule has 0 aliphatic heterocycles. The monoisotopic (exact) mass is 278 g/mol. The molecular formula is C18H27FO. The Bertz CT molecular complexity index is 443. The first-order valence-electron chi connectivity index (χ1n) is 8.00. The Balaban J connectivity index is 2.03. The zero-order valence-electron chi connectivity index (χ0n) is 12.8. The van der Waals surface area contributed by atoms with Crippen LogP contribution in [0.2, 0.25) is 0 Å². The molecule has 0 spiro atoms. The third-order valence-corrected chi connectivity index (χ3v) is 4.79. The second-order valence-electron chi connectivity index (χ2n) is 6.56. The van der Waals surface area contributed by atoms with Crippen LogP contribution in [0.1, 0.15) is 63.0 Å². The minimum absolute atomic E-state index is 0.192. The molecule has 1 aromatic rings. The molecule has 0 saturated heterocycles. The minimum atomic E-state index is -0.592. The van der Waals surface area contributed by atoms with E-state index in [0.29, 0.717) is 6.42 Å². The van der Waals surface area contributed by atoms with Crippen molar-refractivity contribution in [1.82, 2.24) is 0 Å². The predicted octanol–water partition coefficient (Wildman–Crippen LogP) is 4.79. The maximum absolute atomic E-state index is 13.2. The summed E-state index contributed by atoms with van der Waals surface area (Å²) >= 11 is 0. The fourth-order valence-electron chi connectivity index (χ4n) is 3.55. The highest BCUT2D eigenvalue weighted by atomic mass is 19.1. The zero-order chi connectivity index (χ0) is 14.6. The van der Waals surface area contributed by atoms with E-state index in [1.165, 1.54) is 25.3 Å². The van der Waals surface area contributed by atoms with Crippen LogP contribution in [0.15, 0.2) is 18.2 Å². The average molecular weight is 278 g/mol. The van der Waals surface area contributed by atoms with Crippen LogP contribution in [-0.4, -0.2) is 10.7 Å². The molecular weight excluding hydrogens is 251 g/mol. The van der Waals surface area contributed by atoms with Crippen LogP contribution in [0.4, 0.5) is 4.39 Å². The number of hydrogen-bond donors (Lipinski definition) is 1. The van der Waals surface area contributed by atoms with Crippen molar-refractivity contribution in [2.45, 2.75) is 70.8 Å². The Morgan fingerprint density at radius 2 is 2.10 bits per heavy atom. The third-order valence-electron chi connectivity index (χ3n) is 4.79. The summed E-state index contributed by atoms with van der Waals surface area (Å²) in [5.74, 6) is 0.588. The molecule has 112 valence electrons. The molecule has 20 heavy (non-hydrogen) atoms. The SMILES string of the molecule is CCCC1CCCC(O)(Cc2ccc(F)cc2C)CC1. The molecule has 2 atom stereocenters. The summed E-state index contributed by atoms with van der Waals surface area (Å²) in [4.78, 5) is 0. The summed E-state index contributed by atoms with van der Waals surface area (Å²) in [5, 5.41) is 10.9. The Hall–Kier alpha value is -0.890. The Morgan fingerprint density at radius 3 is 2.80 bits per heavy atom. The van der Waals surface area contributed by atoms with Crippen molar-refractivity contribution in [1.29, 1.82) is 0 Å². The fraction of sp³-hybridized carbons (Fsp3) is 0.667. The van der Waals surface area contributed by atoms with Gasteiger partial charge in [-0.1, -0.05) is 38.7 Å². The summed E-state index contributed by atoms with van der Waals surface area (Å²) < 4.78 is 13.2. The van der Waals surface area contributed by atoms with Gasteiger partial charge in [0.2, 0.25) is 0 Å². The highest BCUT2D eigenvalue weighted by molar-refractivity contribution is 5.28. The molecule has 1 aliphatic rings. The van der Waals surface area contributed by atoms with Gasteiger partial charge >= 0.3 is 0 Å². The van der Waals surface area contributed by atoms with E-state index in [1.807, 2.05) is 13.0 Å². The van der Waals surface area contributed by atoms with E-state index in [0.717, 1.165) is 42.7 Å². The van der Waals surface area contributed by atoms with Gasteiger partial charge in [-0.2, -0.15) is 0 Å². The molecule has 2 rings (SSSR count). The summed E-state index contributed by atoms with van der Waals surface area (Å²) in [5.41, 5.74) is 1.45. The van der Waals surface area contributed by atoms with E-state index in [4.69, 9.17) is 0 Å². The van der Waals surface area contributed by atoms with Crippen LogP contribution in [-0.2, 0) is 6.42 Å². The van der Waals surface area contributed by atoms with Crippen molar-refractivity contribution in [2.24, 2.45) is 5.92 Å². The van der Waals surface area contributed by atoms with Gasteiger partial charge in [-0.05, 0) is 55.4 Å². The molecule has 0 bridgehead atoms. The normalized spacial score (nSPS) is 27.3. The lowest BCUT2D eigenvalue weighted by Gasteiger charge is -2.27. The quantitative estimate of drug-likeness (QED) is 0.785. The second kappa shape index (κ2) is 6.71. The van der Waals surface area contributed by atoms with Gasteiger partial charge in [-0.15, -0.1) is 0 Å². The first-order valence-corrected chi connectivity index (χ1v) is 8.00. The standard InChI is InChI=1S/C18H27FO/c1-3-5-15-6-4-10-18(20,11-9-15)13-16-7-8-17(19)12-14(16)2/h7-8,12,15,20H,3-6,9-11,13H2,1-2H3. The van der Waals surface area contributed by atoms with Crippen LogP contribution < -0.4 is 0 Å². The lowest BCUT2D eigenvalue weighted by atomic mass is 9.85. The highest BCUT2D eigenvalue weighted by Crippen LogP contribution is 2.35. The van der Waals surface area contributed by atoms with Crippen molar-refractivity contribution in [2.75, 3.05) is 0 Å². The predicted molar refractivity (Wildman–Crippen MR) is 81.3 cm³/mol. The Labute approximate surface area is 122 Å². The molecule has 1 nitrogen and oxygen atoms in total. The van der Waals surface area contributed by atoms with Crippen LogP contribution in [0.5, 0.6) is 0 Å². The van der Waals surface area contributed by atoms with Crippen LogP contribution in [0, 0.1) is 18.7 Å². The molecule has 2 unspecified atom stereocenters. The first-order chi connectivity index (χ1) is 9.52. The van der Waals surface area contributed by atoms with Crippen molar-refractivity contribution in [3.63, 3.8) is 0 Å². The number of halogens is 1. The first kappa shape index (κ1) is 15.5. The topological polar surface area (TPSA) is 20.2 Å². The molecule has 0 amide bonds. The van der Waals surface area contributed by atoms with Gasteiger partial charge in [0.15, 0.2) is 0 Å². The van der Waals surface area contributed by atoms with Gasteiger partial charge < -0.3 is 5.11 Å². The van der Waals surface area contributed by atoms with Gasteiger partial charge in [0, 0.05) is 6.42 Å². The number of hydrogen-bond acceptors (Lipinski definition) is 1. The summed E-state index contributed by atoms with van der Waals surface area (Å²) in [6.45, 7) is 4.16. The van der Waals surface area contributed by atoms with Gasteiger partial charge in [-0.25, -0.2) is 4.39 Å². The molecule has 1 aromatic carbocycles. The Morgan fingerprint density at radius 1 is 1.30 bits per heavy atom. The number of rotatable bonds is 4. The van der Waals surface area contributed by atoms with Gasteiger partial charge in [0.1, 0.15) is 5.82 Å². The van der Waals surface area contributed by atoms with Crippen molar-refractivity contribution in [3.05, 3.63) is 35.1 Å². The smallest absolute Gasteiger partial charge is 0.123 e. The van der Waals surface area contributed by atoms with E-state index in [1.54, 1.807) is 6.07 Å². The van der Waals surface area contributed by atoms with E-state index >= 15 is 0 Å². The van der Waals surface area contributed by atoms with Crippen molar-refractivity contribution in [3.8, 4) is 0 Å². The number of benzene rings is 1. The average Bonchev–Trinajstić information content (AvgIpc) is 2.57. The number of aliphatic hydroxyl groups is 1. The zero-order valence-corrected chi connectivity index (χ0v) is 12.8. The largest absolute Gasteiger partial charge is 0.390 e. The van der Waals surface area contributed by atoms with Crippen molar-refractivity contribution >= 4 is 0 Å². The molecule has 2 heteroatoms. The Kier molecular flexibility index (Phi) is 5.20. The summed E-state index contributed by atoms with van der Waals surface area (Å²) in [6, 6.07) is 4.90. The second-order valence-corrected chi connectivity index (χ2v) is 6.56. The summed E-state index contributed by atoms with van der Waals surface area (Å²) in [7, 11) is 0. The van der Waals surface area contributed by atoms with Gasteiger partial charge in [0.25, 0.3) is 0 Å². The lowest BCUT2D eigenvalue weighted by Crippen LogP contribution is -2.31. The van der Waals surface area contributed by atoms with E-state index in [9.17, 15) is 9.50 Å². The van der Waals surface area contributed by atoms with E-state index < -0.39 is 5.60 Å². The molecule has 0 aromatic heterocycles. The third kappa shape index (κ3) is 4.05. The van der Waals surface area contributed by atoms with Crippen molar-refractivity contribution < 1.29 is 9.50 Å². The lowest BCUT2D eigenvalue weighted by molar-refractivity contribution is 0.0239.